The first-order valence-corrected chi connectivity index (χ1v) is 11.7. The minimum absolute atomic E-state index is 0.0821. The largest absolute Gasteiger partial charge is 0.330 e. The van der Waals surface area contributed by atoms with Gasteiger partial charge in [0.1, 0.15) is 17.8 Å². The molecule has 172 valence electrons. The van der Waals surface area contributed by atoms with E-state index in [1.54, 1.807) is 16.1 Å². The number of carbonyl (C=O) groups is 1. The summed E-state index contributed by atoms with van der Waals surface area (Å²) < 4.78 is 4.01. The van der Waals surface area contributed by atoms with Crippen LogP contribution in [0.2, 0.25) is 0 Å². The Kier molecular flexibility index (Phi) is 4.90. The fourth-order valence-electron chi connectivity index (χ4n) is 4.36. The molecule has 2 aliphatic rings. The maximum Gasteiger partial charge on any atom is 0.330 e. The molecular weight excluding hydrogens is 428 g/mol. The van der Waals surface area contributed by atoms with Gasteiger partial charge in [-0.05, 0) is 63.1 Å². The molecule has 1 aliphatic heterocycles. The summed E-state index contributed by atoms with van der Waals surface area (Å²) in [5.41, 5.74) is 3.77. The molecule has 4 aromatic rings. The van der Waals surface area contributed by atoms with Crippen molar-refractivity contribution >= 4 is 17.5 Å². The maximum atomic E-state index is 13.3. The molecule has 0 radical (unpaired) electrons. The molecule has 1 saturated heterocycles. The molecule has 34 heavy (non-hydrogen) atoms. The van der Waals surface area contributed by atoms with Gasteiger partial charge in [-0.1, -0.05) is 6.07 Å². The van der Waals surface area contributed by atoms with Gasteiger partial charge in [0.05, 0.1) is 12.0 Å². The van der Waals surface area contributed by atoms with Crippen LogP contribution in [-0.2, 0) is 0 Å². The number of hydrogen-bond donors (Lipinski definition) is 0. The Morgan fingerprint density at radius 2 is 1.71 bits per heavy atom. The van der Waals surface area contributed by atoms with E-state index < -0.39 is 0 Å². The Balaban J connectivity index is 1.21. The van der Waals surface area contributed by atoms with Gasteiger partial charge in [-0.15, -0.1) is 10.2 Å². The molecule has 1 aromatic carbocycles. The molecule has 3 aromatic heterocycles. The molecule has 0 N–H and O–H groups in total. The third-order valence-corrected chi connectivity index (χ3v) is 6.44. The van der Waals surface area contributed by atoms with Gasteiger partial charge in [-0.3, -0.25) is 9.80 Å². The number of nitrogens with zero attached hydrogens (tertiary/aromatic N) is 8. The minimum atomic E-state index is -0.0821. The molecule has 9 nitrogen and oxygen atoms in total. The van der Waals surface area contributed by atoms with E-state index in [2.05, 4.69) is 35.2 Å². The highest BCUT2D eigenvalue weighted by Crippen LogP contribution is 2.39. The monoisotopic (exact) mass is 454 g/mol. The first-order valence-electron chi connectivity index (χ1n) is 11.7. The number of anilines is 2. The van der Waals surface area contributed by atoms with Crippen molar-refractivity contribution in [3.63, 3.8) is 0 Å². The van der Waals surface area contributed by atoms with Gasteiger partial charge in [0.2, 0.25) is 0 Å². The van der Waals surface area contributed by atoms with Crippen LogP contribution >= 0.6 is 0 Å². The van der Waals surface area contributed by atoms with Crippen LogP contribution in [0.1, 0.15) is 44.3 Å². The van der Waals surface area contributed by atoms with E-state index in [1.807, 2.05) is 57.9 Å². The summed E-state index contributed by atoms with van der Waals surface area (Å²) in [5.74, 6) is 1.94. The molecule has 4 heterocycles. The Bertz CT molecular complexity index is 1330. The summed E-state index contributed by atoms with van der Waals surface area (Å²) in [7, 11) is 0. The SMILES string of the molecule is CC(C)n1cnnc1-c1cccc(N2CCN(c3ccc(-n4cnc(C5CC5)c4)cc3)C2=O)n1. The summed E-state index contributed by atoms with van der Waals surface area (Å²) in [6.07, 6.45) is 8.15. The fourth-order valence-corrected chi connectivity index (χ4v) is 4.36. The predicted octanol–water partition coefficient (Wildman–Crippen LogP) is 4.43. The van der Waals surface area contributed by atoms with Crippen LogP contribution in [0.25, 0.3) is 17.2 Å². The normalized spacial score (nSPS) is 16.1. The van der Waals surface area contributed by atoms with Gasteiger partial charge in [-0.25, -0.2) is 14.8 Å². The smallest absolute Gasteiger partial charge is 0.310 e. The van der Waals surface area contributed by atoms with Crippen LogP contribution in [0.15, 0.2) is 61.3 Å². The Hall–Kier alpha value is -4.01. The summed E-state index contributed by atoms with van der Waals surface area (Å²) >= 11 is 0. The molecule has 0 spiro atoms. The van der Waals surface area contributed by atoms with Crippen molar-refractivity contribution in [3.8, 4) is 17.2 Å². The number of pyridine rings is 1. The van der Waals surface area contributed by atoms with E-state index in [9.17, 15) is 4.79 Å². The molecule has 0 bridgehead atoms. The van der Waals surface area contributed by atoms with Crippen molar-refractivity contribution in [2.45, 2.75) is 38.6 Å². The highest BCUT2D eigenvalue weighted by atomic mass is 16.2. The lowest BCUT2D eigenvalue weighted by Crippen LogP contribution is -2.32. The summed E-state index contributed by atoms with van der Waals surface area (Å²) in [6.45, 7) is 5.31. The van der Waals surface area contributed by atoms with Crippen molar-refractivity contribution in [2.24, 2.45) is 0 Å². The second-order valence-corrected chi connectivity index (χ2v) is 9.12. The highest BCUT2D eigenvalue weighted by molar-refractivity contribution is 6.05. The van der Waals surface area contributed by atoms with E-state index in [0.29, 0.717) is 36.3 Å². The van der Waals surface area contributed by atoms with Crippen molar-refractivity contribution in [3.05, 3.63) is 67.0 Å². The molecule has 1 aliphatic carbocycles. The predicted molar refractivity (Wildman–Crippen MR) is 129 cm³/mol. The number of amides is 2. The number of imidazole rings is 1. The second-order valence-electron chi connectivity index (χ2n) is 9.12. The quantitative estimate of drug-likeness (QED) is 0.430. The fraction of sp³-hybridized carbons (Fsp3) is 0.320. The summed E-state index contributed by atoms with van der Waals surface area (Å²) in [4.78, 5) is 26.1. The van der Waals surface area contributed by atoms with Gasteiger partial charge in [0, 0.05) is 42.6 Å². The van der Waals surface area contributed by atoms with Gasteiger partial charge in [0.15, 0.2) is 5.82 Å². The van der Waals surface area contributed by atoms with Crippen LogP contribution in [0.4, 0.5) is 16.3 Å². The number of rotatable bonds is 6. The van der Waals surface area contributed by atoms with Crippen LogP contribution in [0.3, 0.4) is 0 Å². The maximum absolute atomic E-state index is 13.3. The Morgan fingerprint density at radius 3 is 2.47 bits per heavy atom. The van der Waals surface area contributed by atoms with Gasteiger partial charge >= 0.3 is 6.03 Å². The van der Waals surface area contributed by atoms with E-state index in [1.165, 1.54) is 12.8 Å². The third kappa shape index (κ3) is 3.63. The van der Waals surface area contributed by atoms with E-state index in [-0.39, 0.29) is 12.1 Å². The minimum Gasteiger partial charge on any atom is -0.310 e. The first-order chi connectivity index (χ1) is 16.6. The molecule has 2 amide bonds. The Labute approximate surface area is 197 Å². The van der Waals surface area contributed by atoms with E-state index in [0.717, 1.165) is 17.1 Å². The van der Waals surface area contributed by atoms with Crippen LogP contribution in [0.5, 0.6) is 0 Å². The zero-order chi connectivity index (χ0) is 23.2. The molecular formula is C25H26N8O. The molecule has 0 unspecified atom stereocenters. The number of benzene rings is 1. The molecule has 6 rings (SSSR count). The van der Waals surface area contributed by atoms with Gasteiger partial charge in [-0.2, -0.15) is 0 Å². The second kappa shape index (κ2) is 8.09. The number of aromatic nitrogens is 6. The van der Waals surface area contributed by atoms with Crippen molar-refractivity contribution in [2.75, 3.05) is 22.9 Å². The third-order valence-electron chi connectivity index (χ3n) is 6.44. The molecule has 9 heteroatoms. The van der Waals surface area contributed by atoms with Gasteiger partial charge < -0.3 is 9.13 Å². The van der Waals surface area contributed by atoms with Gasteiger partial charge in [0.25, 0.3) is 0 Å². The van der Waals surface area contributed by atoms with Crippen LogP contribution < -0.4 is 9.80 Å². The average molecular weight is 455 g/mol. The summed E-state index contributed by atoms with van der Waals surface area (Å²) in [5, 5.41) is 8.27. The van der Waals surface area contributed by atoms with Crippen molar-refractivity contribution < 1.29 is 4.79 Å². The topological polar surface area (TPSA) is 85.0 Å². The van der Waals surface area contributed by atoms with Crippen LogP contribution in [-0.4, -0.2) is 48.4 Å². The molecule has 2 fully saturated rings. The number of carbonyl (C=O) groups excluding carboxylic acids is 1. The lowest BCUT2D eigenvalue weighted by atomic mass is 10.2. The highest BCUT2D eigenvalue weighted by Gasteiger charge is 2.32. The van der Waals surface area contributed by atoms with E-state index in [4.69, 9.17) is 4.98 Å². The number of urea groups is 1. The number of hydrogen-bond acceptors (Lipinski definition) is 5. The average Bonchev–Trinajstić information content (AvgIpc) is 3.25. The lowest BCUT2D eigenvalue weighted by Gasteiger charge is -2.19. The zero-order valence-corrected chi connectivity index (χ0v) is 19.2. The first kappa shape index (κ1) is 20.6. The van der Waals surface area contributed by atoms with Crippen molar-refractivity contribution in [1.82, 2.24) is 29.3 Å². The molecule has 1 saturated carbocycles. The standard InChI is InChI=1S/C25H26N8O/c1-17(2)33-16-27-29-24(33)21-4-3-5-23(28-21)32-13-12-31(25(32)34)20-10-8-19(9-11-20)30-14-22(26-15-30)18-6-7-18/h3-5,8-11,14-18H,6-7,12-13H2,1-2H3. The van der Waals surface area contributed by atoms with E-state index >= 15 is 0 Å². The van der Waals surface area contributed by atoms with Crippen molar-refractivity contribution in [1.29, 1.82) is 0 Å². The lowest BCUT2D eigenvalue weighted by molar-refractivity contribution is 0.255. The summed E-state index contributed by atoms with van der Waals surface area (Å²) in [6, 6.07) is 13.8. The molecule has 0 atom stereocenters. The van der Waals surface area contributed by atoms with Crippen LogP contribution in [0, 0.1) is 0 Å². The zero-order valence-electron chi connectivity index (χ0n) is 19.2. The Morgan fingerprint density at radius 1 is 0.941 bits per heavy atom.